The van der Waals surface area contributed by atoms with Crippen molar-refractivity contribution >= 4 is 0 Å². The van der Waals surface area contributed by atoms with Crippen molar-refractivity contribution in [2.75, 3.05) is 26.2 Å². The van der Waals surface area contributed by atoms with E-state index < -0.39 is 0 Å². The Bertz CT molecular complexity index is 395. The van der Waals surface area contributed by atoms with E-state index in [2.05, 4.69) is 26.4 Å². The number of rotatable bonds is 3. The van der Waals surface area contributed by atoms with Gasteiger partial charge in [0, 0.05) is 32.0 Å². The molecule has 0 saturated carbocycles. The number of hydrogen-bond donors (Lipinski definition) is 0. The molecule has 0 spiro atoms. The summed E-state index contributed by atoms with van der Waals surface area (Å²) in [5.74, 6) is 1.19. The fraction of sp³-hybridized carbons (Fsp3) is 0.800. The minimum Gasteiger partial charge on any atom is -0.337 e. The van der Waals surface area contributed by atoms with Gasteiger partial charge in [-0.15, -0.1) is 0 Å². The quantitative estimate of drug-likeness (QED) is 0.831. The van der Waals surface area contributed by atoms with Gasteiger partial charge in [-0.2, -0.15) is 0 Å². The van der Waals surface area contributed by atoms with Crippen molar-refractivity contribution < 1.29 is 0 Å². The van der Waals surface area contributed by atoms with Gasteiger partial charge in [-0.1, -0.05) is 6.42 Å². The summed E-state index contributed by atoms with van der Waals surface area (Å²) in [4.78, 5) is 9.77. The smallest absolute Gasteiger partial charge is 0.122 e. The van der Waals surface area contributed by atoms with Crippen molar-refractivity contribution in [3.05, 3.63) is 18.2 Å². The lowest BCUT2D eigenvalue weighted by Gasteiger charge is -2.40. The third-order valence-corrected chi connectivity index (χ3v) is 4.67. The molecule has 2 aliphatic rings. The monoisotopic (exact) mass is 262 g/mol. The molecule has 1 aromatic rings. The third kappa shape index (κ3) is 3.18. The van der Waals surface area contributed by atoms with E-state index in [1.165, 1.54) is 64.1 Å². The van der Waals surface area contributed by atoms with Crippen LogP contribution in [0.15, 0.2) is 12.4 Å². The van der Waals surface area contributed by atoms with Gasteiger partial charge in [0.15, 0.2) is 0 Å². The van der Waals surface area contributed by atoms with E-state index in [4.69, 9.17) is 0 Å². The van der Waals surface area contributed by atoms with Gasteiger partial charge in [-0.25, -0.2) is 4.98 Å². The van der Waals surface area contributed by atoms with Crippen LogP contribution in [0.3, 0.4) is 0 Å². The third-order valence-electron chi connectivity index (χ3n) is 4.67. The van der Waals surface area contributed by atoms with E-state index in [0.717, 1.165) is 12.6 Å². The summed E-state index contributed by atoms with van der Waals surface area (Å²) in [5, 5.41) is 0. The van der Waals surface area contributed by atoms with E-state index in [9.17, 15) is 0 Å². The van der Waals surface area contributed by atoms with Crippen LogP contribution in [0.25, 0.3) is 0 Å². The second-order valence-electron chi connectivity index (χ2n) is 6.08. The molecule has 0 aromatic carbocycles. The lowest BCUT2D eigenvalue weighted by atomic mass is 10.0. The topological polar surface area (TPSA) is 24.3 Å². The Labute approximate surface area is 116 Å². The lowest BCUT2D eigenvalue weighted by Crippen LogP contribution is -2.49. The minimum atomic E-state index is 0.786. The van der Waals surface area contributed by atoms with Gasteiger partial charge in [0.05, 0.1) is 6.54 Å². The molecule has 4 nitrogen and oxygen atoms in total. The van der Waals surface area contributed by atoms with E-state index in [1.807, 2.05) is 12.4 Å². The zero-order valence-electron chi connectivity index (χ0n) is 12.1. The molecule has 4 heteroatoms. The summed E-state index contributed by atoms with van der Waals surface area (Å²) in [6.07, 6.45) is 10.9. The van der Waals surface area contributed by atoms with Crippen LogP contribution in [0.5, 0.6) is 0 Å². The SMILES string of the molecule is Cn1ccnc1CN1CCCC(N2CCCCC2)C1. The molecule has 106 valence electrons. The number of piperidine rings is 2. The zero-order valence-corrected chi connectivity index (χ0v) is 12.1. The molecule has 1 atom stereocenters. The first-order valence-electron chi connectivity index (χ1n) is 7.75. The molecule has 2 fully saturated rings. The summed E-state index contributed by atoms with van der Waals surface area (Å²) in [7, 11) is 2.09. The molecule has 2 aliphatic heterocycles. The number of hydrogen-bond acceptors (Lipinski definition) is 3. The summed E-state index contributed by atoms with van der Waals surface area (Å²) in [6, 6.07) is 0.786. The molecule has 0 aliphatic carbocycles. The normalized spacial score (nSPS) is 26.7. The second-order valence-corrected chi connectivity index (χ2v) is 6.08. The summed E-state index contributed by atoms with van der Waals surface area (Å²) in [5.41, 5.74) is 0. The highest BCUT2D eigenvalue weighted by atomic mass is 15.2. The predicted octanol–water partition coefficient (Wildman–Crippen LogP) is 1.87. The predicted molar refractivity (Wildman–Crippen MR) is 76.9 cm³/mol. The molecule has 3 rings (SSSR count). The minimum absolute atomic E-state index is 0.786. The molecule has 3 heterocycles. The number of aromatic nitrogens is 2. The Morgan fingerprint density at radius 2 is 2.00 bits per heavy atom. The highest BCUT2D eigenvalue weighted by molar-refractivity contribution is 4.92. The van der Waals surface area contributed by atoms with Crippen molar-refractivity contribution in [2.24, 2.45) is 7.05 Å². The second kappa shape index (κ2) is 6.06. The first-order chi connectivity index (χ1) is 9.33. The Morgan fingerprint density at radius 1 is 1.16 bits per heavy atom. The molecule has 0 amide bonds. The molecule has 0 radical (unpaired) electrons. The maximum Gasteiger partial charge on any atom is 0.122 e. The van der Waals surface area contributed by atoms with Crippen molar-refractivity contribution in [2.45, 2.75) is 44.7 Å². The molecular formula is C15H26N4. The zero-order chi connectivity index (χ0) is 13.1. The van der Waals surface area contributed by atoms with Gasteiger partial charge in [-0.3, -0.25) is 9.80 Å². The van der Waals surface area contributed by atoms with Crippen LogP contribution in [0, 0.1) is 0 Å². The number of likely N-dealkylation sites (tertiary alicyclic amines) is 2. The van der Waals surface area contributed by atoms with Gasteiger partial charge in [0.25, 0.3) is 0 Å². The Kier molecular flexibility index (Phi) is 4.18. The molecule has 1 aromatic heterocycles. The summed E-state index contributed by atoms with van der Waals surface area (Å²) in [6.45, 7) is 6.11. The first-order valence-corrected chi connectivity index (χ1v) is 7.75. The van der Waals surface area contributed by atoms with Crippen molar-refractivity contribution in [1.29, 1.82) is 0 Å². The van der Waals surface area contributed by atoms with Gasteiger partial charge in [0.2, 0.25) is 0 Å². The molecule has 2 saturated heterocycles. The summed E-state index contributed by atoms with van der Waals surface area (Å²) < 4.78 is 2.14. The number of aryl methyl sites for hydroxylation is 1. The van der Waals surface area contributed by atoms with Gasteiger partial charge >= 0.3 is 0 Å². The standard InChI is InChI=1S/C15H26N4/c1-17-11-7-16-15(17)13-18-8-5-6-14(12-18)19-9-3-2-4-10-19/h7,11,14H,2-6,8-10,12-13H2,1H3. The van der Waals surface area contributed by atoms with Crippen LogP contribution in [-0.2, 0) is 13.6 Å². The van der Waals surface area contributed by atoms with Crippen LogP contribution in [0.4, 0.5) is 0 Å². The molecule has 0 bridgehead atoms. The maximum absolute atomic E-state index is 4.46. The Balaban J connectivity index is 1.57. The average Bonchev–Trinajstić information content (AvgIpc) is 2.86. The lowest BCUT2D eigenvalue weighted by molar-refractivity contribution is 0.0775. The van der Waals surface area contributed by atoms with Crippen molar-refractivity contribution in [1.82, 2.24) is 19.4 Å². The van der Waals surface area contributed by atoms with E-state index in [0.29, 0.717) is 0 Å². The average molecular weight is 262 g/mol. The molecule has 19 heavy (non-hydrogen) atoms. The highest BCUT2D eigenvalue weighted by Gasteiger charge is 2.26. The fourth-order valence-corrected chi connectivity index (χ4v) is 3.51. The Morgan fingerprint density at radius 3 is 2.74 bits per heavy atom. The van der Waals surface area contributed by atoms with Crippen molar-refractivity contribution in [3.63, 3.8) is 0 Å². The number of imidazole rings is 1. The van der Waals surface area contributed by atoms with Gasteiger partial charge in [-0.05, 0) is 45.3 Å². The highest BCUT2D eigenvalue weighted by Crippen LogP contribution is 2.21. The van der Waals surface area contributed by atoms with E-state index >= 15 is 0 Å². The summed E-state index contributed by atoms with van der Waals surface area (Å²) >= 11 is 0. The molecular weight excluding hydrogens is 236 g/mol. The van der Waals surface area contributed by atoms with Crippen LogP contribution in [-0.4, -0.2) is 51.6 Å². The van der Waals surface area contributed by atoms with Crippen LogP contribution >= 0.6 is 0 Å². The maximum atomic E-state index is 4.46. The van der Waals surface area contributed by atoms with Crippen LogP contribution in [0.2, 0.25) is 0 Å². The van der Waals surface area contributed by atoms with Crippen molar-refractivity contribution in [3.8, 4) is 0 Å². The van der Waals surface area contributed by atoms with Gasteiger partial charge < -0.3 is 4.57 Å². The number of nitrogens with zero attached hydrogens (tertiary/aromatic N) is 4. The molecule has 0 N–H and O–H groups in total. The fourth-order valence-electron chi connectivity index (χ4n) is 3.51. The van der Waals surface area contributed by atoms with E-state index in [-0.39, 0.29) is 0 Å². The molecule has 1 unspecified atom stereocenters. The Hall–Kier alpha value is -0.870. The van der Waals surface area contributed by atoms with Gasteiger partial charge in [0.1, 0.15) is 5.82 Å². The first kappa shape index (κ1) is 13.1. The largest absolute Gasteiger partial charge is 0.337 e. The van der Waals surface area contributed by atoms with E-state index in [1.54, 1.807) is 0 Å². The van der Waals surface area contributed by atoms with Crippen LogP contribution < -0.4 is 0 Å². The van der Waals surface area contributed by atoms with Crippen LogP contribution in [0.1, 0.15) is 37.9 Å².